The van der Waals surface area contributed by atoms with Gasteiger partial charge >= 0.3 is 0 Å². The molecule has 2 heterocycles. The summed E-state index contributed by atoms with van der Waals surface area (Å²) in [5, 5.41) is 4.01. The smallest absolute Gasteiger partial charge is 0.232 e. The first-order valence-electron chi connectivity index (χ1n) is 9.90. The van der Waals surface area contributed by atoms with E-state index < -0.39 is 17.6 Å². The molecule has 31 heavy (non-hydrogen) atoms. The summed E-state index contributed by atoms with van der Waals surface area (Å²) in [4.78, 5) is 18.0. The van der Waals surface area contributed by atoms with Crippen LogP contribution in [0.1, 0.15) is 31.6 Å². The van der Waals surface area contributed by atoms with Crippen LogP contribution in [0.3, 0.4) is 0 Å². The van der Waals surface area contributed by atoms with Crippen LogP contribution in [-0.4, -0.2) is 36.3 Å². The zero-order valence-electron chi connectivity index (χ0n) is 17.1. The molecule has 162 valence electrons. The molecule has 1 aliphatic heterocycles. The molecule has 0 spiro atoms. The van der Waals surface area contributed by atoms with Crippen molar-refractivity contribution in [3.05, 3.63) is 53.9 Å². The SMILES string of the molecule is CCCOc1ccc(-c2noc(C3CC(=O)N(c4cc(F)ccc4F)C3)n2)cc1OC. The second-order valence-electron chi connectivity index (χ2n) is 7.17. The largest absolute Gasteiger partial charge is 0.493 e. The summed E-state index contributed by atoms with van der Waals surface area (Å²) in [5.41, 5.74) is 0.563. The van der Waals surface area contributed by atoms with Crippen LogP contribution < -0.4 is 14.4 Å². The first kappa shape index (κ1) is 20.8. The van der Waals surface area contributed by atoms with Gasteiger partial charge in [-0.2, -0.15) is 4.98 Å². The highest BCUT2D eigenvalue weighted by atomic mass is 19.1. The van der Waals surface area contributed by atoms with E-state index in [1.807, 2.05) is 6.92 Å². The third kappa shape index (κ3) is 4.21. The Morgan fingerprint density at radius 2 is 2.03 bits per heavy atom. The van der Waals surface area contributed by atoms with E-state index in [0.29, 0.717) is 29.5 Å². The van der Waals surface area contributed by atoms with Gasteiger partial charge in [-0.3, -0.25) is 4.79 Å². The summed E-state index contributed by atoms with van der Waals surface area (Å²) in [6, 6.07) is 8.31. The van der Waals surface area contributed by atoms with Crippen molar-refractivity contribution in [2.45, 2.75) is 25.7 Å². The Kier molecular flexibility index (Phi) is 5.83. The summed E-state index contributed by atoms with van der Waals surface area (Å²) in [5.74, 6) is -0.302. The number of nitrogens with zero attached hydrogens (tertiary/aromatic N) is 3. The van der Waals surface area contributed by atoms with Gasteiger partial charge in [0.2, 0.25) is 17.6 Å². The van der Waals surface area contributed by atoms with E-state index in [-0.39, 0.29) is 30.5 Å². The number of carbonyl (C=O) groups is 1. The molecule has 1 aliphatic rings. The number of ether oxygens (including phenoxy) is 2. The molecule has 9 heteroatoms. The highest BCUT2D eigenvalue weighted by Gasteiger charge is 2.36. The minimum Gasteiger partial charge on any atom is -0.493 e. The fourth-order valence-electron chi connectivity index (χ4n) is 3.45. The predicted octanol–water partition coefficient (Wildman–Crippen LogP) is 4.33. The maximum Gasteiger partial charge on any atom is 0.232 e. The van der Waals surface area contributed by atoms with Crippen molar-refractivity contribution >= 4 is 11.6 Å². The first-order valence-corrected chi connectivity index (χ1v) is 9.90. The lowest BCUT2D eigenvalue weighted by molar-refractivity contribution is -0.117. The molecule has 1 saturated heterocycles. The van der Waals surface area contributed by atoms with Crippen LogP contribution in [0, 0.1) is 11.6 Å². The van der Waals surface area contributed by atoms with Gasteiger partial charge in [0.15, 0.2) is 11.5 Å². The second-order valence-corrected chi connectivity index (χ2v) is 7.17. The Balaban J connectivity index is 1.54. The highest BCUT2D eigenvalue weighted by Crippen LogP contribution is 2.35. The summed E-state index contributed by atoms with van der Waals surface area (Å²) in [7, 11) is 1.55. The van der Waals surface area contributed by atoms with E-state index in [2.05, 4.69) is 10.1 Å². The fraction of sp³-hybridized carbons (Fsp3) is 0.318. The number of amides is 1. The Labute approximate surface area is 177 Å². The van der Waals surface area contributed by atoms with Crippen molar-refractivity contribution in [1.82, 2.24) is 10.1 Å². The van der Waals surface area contributed by atoms with E-state index in [1.165, 1.54) is 4.90 Å². The van der Waals surface area contributed by atoms with Crippen LogP contribution in [0.2, 0.25) is 0 Å². The van der Waals surface area contributed by atoms with Crippen LogP contribution in [0.25, 0.3) is 11.4 Å². The van der Waals surface area contributed by atoms with Crippen molar-refractivity contribution < 1.29 is 27.6 Å². The van der Waals surface area contributed by atoms with Gasteiger partial charge in [0, 0.05) is 24.6 Å². The normalized spacial score (nSPS) is 16.1. The molecule has 1 aromatic heterocycles. The molecule has 0 bridgehead atoms. The van der Waals surface area contributed by atoms with Gasteiger partial charge in [-0.05, 0) is 36.8 Å². The standard InChI is InChI=1S/C22H21F2N3O4/c1-3-8-30-18-7-4-13(9-19(18)29-2)21-25-22(31-26-21)14-10-20(28)27(12-14)17-11-15(23)5-6-16(17)24/h4-7,9,11,14H,3,8,10,12H2,1-2H3. The van der Waals surface area contributed by atoms with Gasteiger partial charge in [0.1, 0.15) is 11.6 Å². The molecule has 2 aromatic carbocycles. The van der Waals surface area contributed by atoms with Crippen molar-refractivity contribution in [3.63, 3.8) is 0 Å². The van der Waals surface area contributed by atoms with Crippen molar-refractivity contribution in [2.75, 3.05) is 25.2 Å². The average molecular weight is 429 g/mol. The van der Waals surface area contributed by atoms with E-state index >= 15 is 0 Å². The molecule has 0 aliphatic carbocycles. The van der Waals surface area contributed by atoms with Crippen LogP contribution in [-0.2, 0) is 4.79 Å². The molecule has 1 unspecified atom stereocenters. The monoisotopic (exact) mass is 429 g/mol. The van der Waals surface area contributed by atoms with Gasteiger partial charge in [-0.15, -0.1) is 0 Å². The fourth-order valence-corrected chi connectivity index (χ4v) is 3.45. The predicted molar refractivity (Wildman–Crippen MR) is 108 cm³/mol. The lowest BCUT2D eigenvalue weighted by atomic mass is 10.1. The first-order chi connectivity index (χ1) is 15.0. The third-order valence-corrected chi connectivity index (χ3v) is 5.00. The number of carbonyl (C=O) groups excluding carboxylic acids is 1. The van der Waals surface area contributed by atoms with Crippen molar-refractivity contribution in [2.24, 2.45) is 0 Å². The summed E-state index contributed by atoms with van der Waals surface area (Å²) in [6.45, 7) is 2.70. The van der Waals surface area contributed by atoms with Crippen LogP contribution in [0.5, 0.6) is 11.5 Å². The van der Waals surface area contributed by atoms with E-state index in [0.717, 1.165) is 24.6 Å². The Hall–Kier alpha value is -3.49. The number of anilines is 1. The zero-order valence-corrected chi connectivity index (χ0v) is 17.1. The topological polar surface area (TPSA) is 77.7 Å². The minimum atomic E-state index is -0.668. The molecule has 0 N–H and O–H groups in total. The maximum absolute atomic E-state index is 14.1. The number of rotatable bonds is 7. The van der Waals surface area contributed by atoms with Gasteiger partial charge in [-0.25, -0.2) is 8.78 Å². The zero-order chi connectivity index (χ0) is 22.0. The molecule has 1 atom stereocenters. The Bertz CT molecular complexity index is 1100. The third-order valence-electron chi connectivity index (χ3n) is 5.00. The molecule has 7 nitrogen and oxygen atoms in total. The second kappa shape index (κ2) is 8.71. The summed E-state index contributed by atoms with van der Waals surface area (Å²) in [6.07, 6.45) is 0.931. The van der Waals surface area contributed by atoms with Gasteiger partial charge < -0.3 is 18.9 Å². The lowest BCUT2D eigenvalue weighted by Gasteiger charge is -2.16. The summed E-state index contributed by atoms with van der Waals surface area (Å²) >= 11 is 0. The van der Waals surface area contributed by atoms with Gasteiger partial charge in [0.25, 0.3) is 0 Å². The molecule has 1 amide bonds. The maximum atomic E-state index is 14.1. The number of methoxy groups -OCH3 is 1. The van der Waals surface area contributed by atoms with Crippen molar-refractivity contribution in [3.8, 4) is 22.9 Å². The Morgan fingerprint density at radius 1 is 1.19 bits per heavy atom. The number of benzene rings is 2. The molecule has 0 saturated carbocycles. The van der Waals surface area contributed by atoms with Crippen LogP contribution >= 0.6 is 0 Å². The van der Waals surface area contributed by atoms with E-state index in [9.17, 15) is 13.6 Å². The van der Waals surface area contributed by atoms with Crippen LogP contribution in [0.15, 0.2) is 40.9 Å². The van der Waals surface area contributed by atoms with Crippen LogP contribution in [0.4, 0.5) is 14.5 Å². The quantitative estimate of drug-likeness (QED) is 0.556. The number of hydrogen-bond donors (Lipinski definition) is 0. The van der Waals surface area contributed by atoms with Gasteiger partial charge in [-0.1, -0.05) is 12.1 Å². The van der Waals surface area contributed by atoms with E-state index in [1.54, 1.807) is 25.3 Å². The molecular formula is C22H21F2N3O4. The minimum absolute atomic E-state index is 0.0602. The van der Waals surface area contributed by atoms with E-state index in [4.69, 9.17) is 14.0 Å². The molecule has 1 fully saturated rings. The molecule has 0 radical (unpaired) electrons. The van der Waals surface area contributed by atoms with Gasteiger partial charge in [0.05, 0.1) is 25.3 Å². The molecule has 3 aromatic rings. The highest BCUT2D eigenvalue weighted by molar-refractivity contribution is 5.96. The lowest BCUT2D eigenvalue weighted by Crippen LogP contribution is -2.25. The molecule has 4 rings (SSSR count). The Morgan fingerprint density at radius 3 is 2.81 bits per heavy atom. The van der Waals surface area contributed by atoms with Crippen molar-refractivity contribution in [1.29, 1.82) is 0 Å². The molecular weight excluding hydrogens is 408 g/mol. The summed E-state index contributed by atoms with van der Waals surface area (Å²) < 4.78 is 44.0. The number of aromatic nitrogens is 2. The average Bonchev–Trinajstić information content (AvgIpc) is 3.41. The number of hydrogen-bond acceptors (Lipinski definition) is 6. The number of halogens is 2.